The monoisotopic (exact) mass is 830 g/mol. The molecule has 6 atom stereocenters. The van der Waals surface area contributed by atoms with Crippen LogP contribution < -0.4 is 5.22 Å². The number of carbonyl (C=O) groups excluding carboxylic acids is 1. The number of Topliss-reactive ketones (excluding diaryl/α,β-unsaturated/α-hetero) is 1. The van der Waals surface area contributed by atoms with Crippen molar-refractivity contribution >= 4 is 109 Å². The second-order valence-corrected chi connectivity index (χ2v) is 23.8. The molecule has 8 heteroatoms. The minimum absolute atomic E-state index is 0.0724. The zero-order chi connectivity index (χ0) is 40.0. The summed E-state index contributed by atoms with van der Waals surface area (Å²) < 4.78 is 16.7. The van der Waals surface area contributed by atoms with Crippen molar-refractivity contribution in [2.24, 2.45) is 47.3 Å². The second kappa shape index (κ2) is 13.8. The molecular formula is C50H58N2O3S3. The van der Waals surface area contributed by atoms with Crippen LogP contribution in [-0.2, 0) is 17.2 Å². The molecule has 304 valence electrons. The van der Waals surface area contributed by atoms with Gasteiger partial charge in [-0.2, -0.15) is 11.8 Å². The summed E-state index contributed by atoms with van der Waals surface area (Å²) in [5, 5.41) is 24.0. The Morgan fingerprint density at radius 3 is 2.45 bits per heavy atom. The van der Waals surface area contributed by atoms with E-state index in [1.165, 1.54) is 87.6 Å². The molecule has 4 aliphatic rings. The van der Waals surface area contributed by atoms with Crippen molar-refractivity contribution in [2.75, 3.05) is 17.3 Å². The normalized spacial score (nSPS) is 24.9. The summed E-state index contributed by atoms with van der Waals surface area (Å²) in [5.74, 6) is 8.13. The highest BCUT2D eigenvalue weighted by molar-refractivity contribution is 7.99. The average molecular weight is 831 g/mol. The number of aromatic hydroxyl groups is 1. The molecule has 2 N–H and O–H groups in total. The standard InChI is InChI=1S/C50H58N2O3S3/c1-8-24(6)15-25(7)19-56-20-28(23(4)5)13-14-29-37-33(53)17-32-40-42(37)44-43-38-30(16-34(54)49(52-32)45(38)40)36(27-11-9-26(10-12-27)22(2)3)31-21-58(55)50-47(39(31)43)41-35(57-50)18-51-48(29)46(41)44/h17-18,22-28,30,36,52-53H,8-16,19-21H2,1-7H3. The van der Waals surface area contributed by atoms with Crippen molar-refractivity contribution in [3.05, 3.63) is 34.3 Å². The van der Waals surface area contributed by atoms with Crippen molar-refractivity contribution in [3.8, 4) is 5.75 Å². The Kier molecular flexibility index (Phi) is 9.04. The maximum absolute atomic E-state index is 14.6. The number of benzene rings is 4. The van der Waals surface area contributed by atoms with Crippen LogP contribution in [0, 0.1) is 47.3 Å². The Labute approximate surface area is 352 Å². The highest BCUT2D eigenvalue weighted by Gasteiger charge is 2.47. The summed E-state index contributed by atoms with van der Waals surface area (Å²) in [5.41, 5.74) is 6.45. The first-order chi connectivity index (χ1) is 28.0. The van der Waals surface area contributed by atoms with E-state index in [4.69, 9.17) is 4.98 Å². The predicted octanol–water partition coefficient (Wildman–Crippen LogP) is 12.7. The van der Waals surface area contributed by atoms with E-state index in [0.29, 0.717) is 41.8 Å². The van der Waals surface area contributed by atoms with Crippen molar-refractivity contribution in [1.82, 2.24) is 9.97 Å². The molecule has 3 aromatic heterocycles. The first-order valence-electron chi connectivity index (χ1n) is 22.6. The van der Waals surface area contributed by atoms with Gasteiger partial charge in [0.2, 0.25) is 0 Å². The van der Waals surface area contributed by atoms with Crippen molar-refractivity contribution < 1.29 is 14.1 Å². The SMILES string of the molecule is CCC(C)CC(C)CSCC(CCc1c2ncc3sc4c5c6c7c8c9c([nH]c%10cc(O)c1c(c%109)c7c2c35)C(=O)CC8C(C1CCC(C(C)C)CC1)C=6CS4=O)C(C)C. The minimum atomic E-state index is -1.15. The molecule has 1 aliphatic heterocycles. The Morgan fingerprint density at radius 2 is 1.71 bits per heavy atom. The summed E-state index contributed by atoms with van der Waals surface area (Å²) in [6, 6.07) is 1.91. The number of hydrogen-bond acceptors (Lipinski definition) is 6. The minimum Gasteiger partial charge on any atom is -0.507 e. The van der Waals surface area contributed by atoms with Gasteiger partial charge in [0.25, 0.3) is 0 Å². The van der Waals surface area contributed by atoms with E-state index in [2.05, 4.69) is 71.4 Å². The molecule has 1 fully saturated rings. The molecule has 58 heavy (non-hydrogen) atoms. The number of hydrogen-bond donors (Lipinski definition) is 2. The highest BCUT2D eigenvalue weighted by atomic mass is 32.2. The molecule has 0 bridgehead atoms. The lowest BCUT2D eigenvalue weighted by atomic mass is 9.60. The van der Waals surface area contributed by atoms with Crippen LogP contribution >= 0.6 is 23.1 Å². The molecular weight excluding hydrogens is 773 g/mol. The molecule has 3 aliphatic carbocycles. The molecule has 4 aromatic carbocycles. The number of H-pyrrole nitrogens is 1. The molecule has 0 amide bonds. The molecule has 0 radical (unpaired) electrons. The van der Waals surface area contributed by atoms with Crippen LogP contribution in [0.1, 0.15) is 127 Å². The number of pyridine rings is 1. The Morgan fingerprint density at radius 1 is 0.931 bits per heavy atom. The number of aromatic amines is 1. The highest BCUT2D eigenvalue weighted by Crippen LogP contribution is 2.60. The summed E-state index contributed by atoms with van der Waals surface area (Å²) in [6.45, 7) is 16.6. The third kappa shape index (κ3) is 5.28. The Balaban J connectivity index is 1.15. The molecule has 11 rings (SSSR count). The number of thiophene rings is 1. The summed E-state index contributed by atoms with van der Waals surface area (Å²) in [4.78, 5) is 23.5. The van der Waals surface area contributed by atoms with E-state index in [9.17, 15) is 14.1 Å². The summed E-state index contributed by atoms with van der Waals surface area (Å²) in [6.07, 6.45) is 11.7. The lowest BCUT2D eigenvalue weighted by molar-refractivity contribution is 0.0947. The number of phenolic OH excluding ortho intramolecular Hbond substituents is 1. The van der Waals surface area contributed by atoms with Gasteiger partial charge in [0.15, 0.2) is 5.78 Å². The first kappa shape index (κ1) is 38.0. The fraction of sp³-hybridized carbons (Fsp3) is 0.560. The van der Waals surface area contributed by atoms with Crippen LogP contribution in [0.15, 0.2) is 16.5 Å². The second-order valence-electron chi connectivity index (χ2n) is 20.1. The van der Waals surface area contributed by atoms with Gasteiger partial charge >= 0.3 is 0 Å². The lowest BCUT2D eigenvalue weighted by Gasteiger charge is -2.44. The maximum atomic E-state index is 14.6. The number of aromatic nitrogens is 2. The number of ketones is 1. The van der Waals surface area contributed by atoms with Gasteiger partial charge in [-0.05, 0) is 137 Å². The van der Waals surface area contributed by atoms with Gasteiger partial charge in [-0.25, -0.2) is 0 Å². The van der Waals surface area contributed by atoms with Gasteiger partial charge in [-0.3, -0.25) is 14.0 Å². The zero-order valence-electron chi connectivity index (χ0n) is 35.3. The lowest BCUT2D eigenvalue weighted by Crippen LogP contribution is -2.39. The number of phenols is 1. The Hall–Kier alpha value is -2.94. The first-order valence-corrected chi connectivity index (χ1v) is 25.8. The summed E-state index contributed by atoms with van der Waals surface area (Å²) in [7, 11) is -1.15. The van der Waals surface area contributed by atoms with E-state index in [-0.39, 0.29) is 23.4 Å². The number of rotatable bonds is 13. The average Bonchev–Trinajstić information content (AvgIpc) is 3.79. The number of nitrogens with zero attached hydrogens (tertiary/aromatic N) is 1. The van der Waals surface area contributed by atoms with E-state index in [1.54, 1.807) is 11.3 Å². The van der Waals surface area contributed by atoms with Crippen LogP contribution in [0.5, 0.6) is 5.75 Å². The Bertz CT molecular complexity index is 2870. The summed E-state index contributed by atoms with van der Waals surface area (Å²) >= 11 is 3.81. The van der Waals surface area contributed by atoms with Crippen LogP contribution in [0.4, 0.5) is 0 Å². The van der Waals surface area contributed by atoms with Crippen molar-refractivity contribution in [1.29, 1.82) is 0 Å². The van der Waals surface area contributed by atoms with Gasteiger partial charge in [0, 0.05) is 61.8 Å². The zero-order valence-corrected chi connectivity index (χ0v) is 37.7. The topological polar surface area (TPSA) is 83.0 Å². The molecule has 1 saturated carbocycles. The fourth-order valence-corrected chi connectivity index (χ4v) is 17.4. The van der Waals surface area contributed by atoms with Gasteiger partial charge < -0.3 is 10.1 Å². The third-order valence-electron chi connectivity index (χ3n) is 16.1. The third-order valence-corrected chi connectivity index (χ3v) is 20.4. The van der Waals surface area contributed by atoms with E-state index in [1.807, 2.05) is 6.07 Å². The molecule has 0 spiro atoms. The van der Waals surface area contributed by atoms with E-state index < -0.39 is 10.8 Å². The molecule has 7 aromatic rings. The maximum Gasteiger partial charge on any atom is 0.180 e. The molecule has 4 heterocycles. The largest absolute Gasteiger partial charge is 0.507 e. The van der Waals surface area contributed by atoms with Crippen LogP contribution in [0.3, 0.4) is 0 Å². The van der Waals surface area contributed by atoms with E-state index in [0.717, 1.165) is 83.2 Å². The van der Waals surface area contributed by atoms with Gasteiger partial charge in [0.05, 0.1) is 38.0 Å². The van der Waals surface area contributed by atoms with Crippen LogP contribution in [0.2, 0.25) is 0 Å². The predicted molar refractivity (Wildman–Crippen MR) is 248 cm³/mol. The fourth-order valence-electron chi connectivity index (χ4n) is 12.9. The van der Waals surface area contributed by atoms with Gasteiger partial charge in [-0.1, -0.05) is 54.9 Å². The van der Waals surface area contributed by atoms with Crippen LogP contribution in [-0.4, -0.2) is 42.3 Å². The number of carbonyl (C=O) groups is 1. The number of nitrogens with one attached hydrogen (secondary N) is 1. The van der Waals surface area contributed by atoms with Crippen molar-refractivity contribution in [2.45, 2.75) is 116 Å². The number of thioether (sulfide) groups is 1. The van der Waals surface area contributed by atoms with Crippen LogP contribution in [0.25, 0.3) is 69.8 Å². The number of aryl methyl sites for hydroxylation is 1. The quantitative estimate of drug-likeness (QED) is 0.0893. The van der Waals surface area contributed by atoms with E-state index >= 15 is 0 Å². The molecule has 0 saturated heterocycles. The molecule has 6 unspecified atom stereocenters. The smallest absolute Gasteiger partial charge is 0.180 e. The van der Waals surface area contributed by atoms with Gasteiger partial charge in [0.1, 0.15) is 9.96 Å². The van der Waals surface area contributed by atoms with Crippen molar-refractivity contribution in [3.63, 3.8) is 0 Å². The molecule has 5 nitrogen and oxygen atoms in total. The van der Waals surface area contributed by atoms with Gasteiger partial charge in [-0.15, -0.1) is 11.3 Å².